The highest BCUT2D eigenvalue weighted by molar-refractivity contribution is 5.85. The summed E-state index contributed by atoms with van der Waals surface area (Å²) >= 11 is 0. The lowest BCUT2D eigenvalue weighted by Gasteiger charge is -2.42. The van der Waals surface area contributed by atoms with Crippen molar-refractivity contribution in [2.45, 2.75) is 25.3 Å². The van der Waals surface area contributed by atoms with Crippen molar-refractivity contribution in [2.24, 2.45) is 5.41 Å². The van der Waals surface area contributed by atoms with Crippen molar-refractivity contribution >= 4 is 5.91 Å². The van der Waals surface area contributed by atoms with Gasteiger partial charge in [0.15, 0.2) is 0 Å². The highest BCUT2D eigenvalue weighted by Crippen LogP contribution is 2.30. The number of fused-ring (bicyclic) bond motifs is 1. The number of carbonyl (C=O) groups excluding carboxylic acids is 1. The van der Waals surface area contributed by atoms with E-state index in [1.807, 2.05) is 18.2 Å². The minimum Gasteiger partial charge on any atom is -0.497 e. The second-order valence-electron chi connectivity index (χ2n) is 7.26. The first-order valence-electron chi connectivity index (χ1n) is 8.90. The maximum Gasteiger partial charge on any atom is 0.229 e. The fourth-order valence-corrected chi connectivity index (χ4v) is 3.97. The van der Waals surface area contributed by atoms with Gasteiger partial charge in [-0.15, -0.1) is 0 Å². The van der Waals surface area contributed by atoms with E-state index in [1.165, 1.54) is 11.1 Å². The third-order valence-electron chi connectivity index (χ3n) is 5.47. The molecule has 0 radical (unpaired) electrons. The molecule has 0 unspecified atom stereocenters. The first-order valence-corrected chi connectivity index (χ1v) is 8.90. The molecule has 130 valence electrons. The molecule has 4 heteroatoms. The van der Waals surface area contributed by atoms with Gasteiger partial charge in [0.1, 0.15) is 5.75 Å². The summed E-state index contributed by atoms with van der Waals surface area (Å²) in [6.07, 6.45) is 2.61. The number of rotatable bonds is 5. The zero-order valence-corrected chi connectivity index (χ0v) is 14.5. The van der Waals surface area contributed by atoms with E-state index in [1.54, 1.807) is 7.11 Å². The molecule has 0 aromatic heterocycles. The predicted molar refractivity (Wildman–Crippen MR) is 97.8 cm³/mol. The first kappa shape index (κ1) is 16.2. The fourth-order valence-electron chi connectivity index (χ4n) is 3.97. The number of amides is 1. The number of hydrogen-bond donors (Lipinski definition) is 2. The monoisotopic (exact) mass is 336 g/mol. The van der Waals surface area contributed by atoms with Crippen LogP contribution in [0.1, 0.15) is 16.7 Å². The number of benzene rings is 2. The Bertz CT molecular complexity index is 758. The Labute approximate surface area is 148 Å². The minimum atomic E-state index is -0.346. The van der Waals surface area contributed by atoms with Crippen molar-refractivity contribution < 1.29 is 9.53 Å². The van der Waals surface area contributed by atoms with E-state index >= 15 is 0 Å². The van der Waals surface area contributed by atoms with Crippen LogP contribution in [0.3, 0.4) is 0 Å². The molecule has 0 atom stereocenters. The van der Waals surface area contributed by atoms with E-state index in [0.29, 0.717) is 0 Å². The lowest BCUT2D eigenvalue weighted by Crippen LogP contribution is -2.63. The Morgan fingerprint density at radius 1 is 1.16 bits per heavy atom. The van der Waals surface area contributed by atoms with Crippen LogP contribution in [0, 0.1) is 5.41 Å². The van der Waals surface area contributed by atoms with Gasteiger partial charge in [-0.1, -0.05) is 36.4 Å². The Kier molecular flexibility index (Phi) is 4.22. The molecule has 0 bridgehead atoms. The number of hydrogen-bond acceptors (Lipinski definition) is 3. The average molecular weight is 336 g/mol. The molecular weight excluding hydrogens is 312 g/mol. The topological polar surface area (TPSA) is 50.4 Å². The fraction of sp³-hybridized carbons (Fsp3) is 0.381. The molecule has 25 heavy (non-hydrogen) atoms. The SMILES string of the molecule is COc1cccc(CC2(C(=O)NC3Cc4ccccc4C3)CNC2)c1. The molecule has 4 nitrogen and oxygen atoms in total. The van der Waals surface area contributed by atoms with Gasteiger partial charge in [0, 0.05) is 19.1 Å². The summed E-state index contributed by atoms with van der Waals surface area (Å²) in [5.74, 6) is 1.01. The van der Waals surface area contributed by atoms with Gasteiger partial charge < -0.3 is 15.4 Å². The minimum absolute atomic E-state index is 0.173. The third kappa shape index (κ3) is 3.14. The molecule has 2 aromatic rings. The van der Waals surface area contributed by atoms with E-state index in [0.717, 1.165) is 43.7 Å². The molecule has 4 rings (SSSR count). The van der Waals surface area contributed by atoms with Gasteiger partial charge in [-0.2, -0.15) is 0 Å². The summed E-state index contributed by atoms with van der Waals surface area (Å²) in [6, 6.07) is 16.7. The molecule has 1 heterocycles. The summed E-state index contributed by atoms with van der Waals surface area (Å²) in [5, 5.41) is 6.59. The van der Waals surface area contributed by atoms with E-state index in [-0.39, 0.29) is 17.4 Å². The van der Waals surface area contributed by atoms with Crippen LogP contribution < -0.4 is 15.4 Å². The average Bonchev–Trinajstić information content (AvgIpc) is 3.00. The smallest absolute Gasteiger partial charge is 0.229 e. The lowest BCUT2D eigenvalue weighted by atomic mass is 9.75. The van der Waals surface area contributed by atoms with Gasteiger partial charge >= 0.3 is 0 Å². The van der Waals surface area contributed by atoms with Gasteiger partial charge in [0.2, 0.25) is 5.91 Å². The van der Waals surface area contributed by atoms with Crippen LogP contribution in [0.4, 0.5) is 0 Å². The molecule has 1 saturated heterocycles. The molecule has 1 aliphatic carbocycles. The number of nitrogens with one attached hydrogen (secondary N) is 2. The van der Waals surface area contributed by atoms with Gasteiger partial charge in [0.05, 0.1) is 12.5 Å². The quantitative estimate of drug-likeness (QED) is 0.879. The standard InChI is InChI=1S/C21H24N2O2/c1-25-19-8-4-5-15(9-19)12-21(13-22-14-21)20(24)23-18-10-16-6-2-3-7-17(16)11-18/h2-9,18,22H,10-14H2,1H3,(H,23,24). The van der Waals surface area contributed by atoms with Gasteiger partial charge in [-0.05, 0) is 48.1 Å². The number of carbonyl (C=O) groups is 1. The zero-order chi connectivity index (χ0) is 17.3. The van der Waals surface area contributed by atoms with E-state index in [9.17, 15) is 4.79 Å². The van der Waals surface area contributed by atoms with Gasteiger partial charge in [0.25, 0.3) is 0 Å². The van der Waals surface area contributed by atoms with Crippen molar-refractivity contribution in [1.29, 1.82) is 0 Å². The maximum absolute atomic E-state index is 13.0. The molecule has 0 saturated carbocycles. The normalized spacial score (nSPS) is 18.3. The van der Waals surface area contributed by atoms with Crippen LogP contribution in [0.15, 0.2) is 48.5 Å². The molecule has 1 fully saturated rings. The van der Waals surface area contributed by atoms with E-state index in [4.69, 9.17) is 4.74 Å². The van der Waals surface area contributed by atoms with Crippen LogP contribution in [0.25, 0.3) is 0 Å². The molecule has 2 aliphatic rings. The van der Waals surface area contributed by atoms with Crippen LogP contribution in [0.2, 0.25) is 0 Å². The second-order valence-corrected chi connectivity index (χ2v) is 7.26. The molecular formula is C21H24N2O2. The third-order valence-corrected chi connectivity index (χ3v) is 5.47. The van der Waals surface area contributed by atoms with Crippen LogP contribution in [0.5, 0.6) is 5.75 Å². The summed E-state index contributed by atoms with van der Waals surface area (Å²) in [7, 11) is 1.67. The summed E-state index contributed by atoms with van der Waals surface area (Å²) in [4.78, 5) is 13.0. The Balaban J connectivity index is 1.44. The van der Waals surface area contributed by atoms with Gasteiger partial charge in [-0.3, -0.25) is 4.79 Å². The lowest BCUT2D eigenvalue weighted by molar-refractivity contribution is -0.134. The molecule has 2 N–H and O–H groups in total. The van der Waals surface area contributed by atoms with Crippen molar-refractivity contribution in [3.8, 4) is 5.75 Å². The van der Waals surface area contributed by atoms with Crippen LogP contribution in [-0.4, -0.2) is 32.1 Å². The van der Waals surface area contributed by atoms with Crippen molar-refractivity contribution in [3.05, 3.63) is 65.2 Å². The van der Waals surface area contributed by atoms with E-state index in [2.05, 4.69) is 41.0 Å². The summed E-state index contributed by atoms with van der Waals surface area (Å²) in [5.41, 5.74) is 3.52. The van der Waals surface area contributed by atoms with Crippen molar-refractivity contribution in [3.63, 3.8) is 0 Å². The first-order chi connectivity index (χ1) is 12.2. The Morgan fingerprint density at radius 3 is 2.48 bits per heavy atom. The maximum atomic E-state index is 13.0. The largest absolute Gasteiger partial charge is 0.497 e. The highest BCUT2D eigenvalue weighted by Gasteiger charge is 2.45. The Morgan fingerprint density at radius 2 is 1.88 bits per heavy atom. The zero-order valence-electron chi connectivity index (χ0n) is 14.5. The Hall–Kier alpha value is -2.33. The highest BCUT2D eigenvalue weighted by atomic mass is 16.5. The van der Waals surface area contributed by atoms with Crippen molar-refractivity contribution in [1.82, 2.24) is 10.6 Å². The number of methoxy groups -OCH3 is 1. The van der Waals surface area contributed by atoms with Crippen LogP contribution >= 0.6 is 0 Å². The molecule has 2 aromatic carbocycles. The molecule has 0 spiro atoms. The predicted octanol–water partition coefficient (Wildman–Crippen LogP) is 2.11. The number of ether oxygens (including phenoxy) is 1. The van der Waals surface area contributed by atoms with Gasteiger partial charge in [-0.25, -0.2) is 0 Å². The molecule has 1 amide bonds. The van der Waals surface area contributed by atoms with Crippen molar-refractivity contribution in [2.75, 3.05) is 20.2 Å². The molecule has 1 aliphatic heterocycles. The second kappa shape index (κ2) is 6.52. The summed E-state index contributed by atoms with van der Waals surface area (Å²) < 4.78 is 5.31. The van der Waals surface area contributed by atoms with Crippen LogP contribution in [-0.2, 0) is 24.1 Å². The van der Waals surface area contributed by atoms with E-state index < -0.39 is 0 Å². The summed E-state index contributed by atoms with van der Waals surface area (Å²) in [6.45, 7) is 1.46.